The zero-order valence-electron chi connectivity index (χ0n) is 13.9. The van der Waals surface area contributed by atoms with Crippen LogP contribution in [0.4, 0.5) is 5.69 Å². The second-order valence-electron chi connectivity index (χ2n) is 5.32. The Balaban J connectivity index is 2.13. The van der Waals surface area contributed by atoms with Crippen LogP contribution in [-0.2, 0) is 19.1 Å². The Labute approximate surface area is 145 Å². The average Bonchev–Trinajstić information content (AvgIpc) is 2.87. The fraction of sp³-hybridized carbons (Fsp3) is 0.353. The summed E-state index contributed by atoms with van der Waals surface area (Å²) in [6.07, 6.45) is 1.26. The van der Waals surface area contributed by atoms with Crippen LogP contribution >= 0.6 is 11.8 Å². The molecule has 1 aromatic rings. The van der Waals surface area contributed by atoms with Crippen LogP contribution in [0.2, 0.25) is 0 Å². The summed E-state index contributed by atoms with van der Waals surface area (Å²) in [5, 5.41) is 3.23. The van der Waals surface area contributed by atoms with Crippen molar-refractivity contribution < 1.29 is 19.1 Å². The molecule has 7 heteroatoms. The summed E-state index contributed by atoms with van der Waals surface area (Å²) in [6, 6.07) is 6.68. The summed E-state index contributed by atoms with van der Waals surface area (Å²) in [4.78, 5) is 37.5. The lowest BCUT2D eigenvalue weighted by Crippen LogP contribution is -2.42. The largest absolute Gasteiger partial charge is 0.463 e. The lowest BCUT2D eigenvalue weighted by Gasteiger charge is -2.24. The molecule has 6 nitrogen and oxygen atoms in total. The minimum atomic E-state index is -0.728. The van der Waals surface area contributed by atoms with Crippen LogP contribution in [0, 0.1) is 6.92 Å². The molecule has 0 saturated carbocycles. The number of hydrogen-bond acceptors (Lipinski definition) is 5. The number of rotatable bonds is 5. The van der Waals surface area contributed by atoms with Gasteiger partial charge in [0.05, 0.1) is 23.5 Å². The number of benzene rings is 1. The topological polar surface area (TPSA) is 75.7 Å². The van der Waals surface area contributed by atoms with Gasteiger partial charge in [0.15, 0.2) is 0 Å². The first-order chi connectivity index (χ1) is 11.4. The molecular weight excluding hydrogens is 328 g/mol. The highest BCUT2D eigenvalue weighted by molar-refractivity contribution is 8.04. The maximum atomic E-state index is 12.5. The number of esters is 1. The zero-order chi connectivity index (χ0) is 17.7. The molecule has 1 heterocycles. The number of aryl methyl sites for hydroxylation is 1. The van der Waals surface area contributed by atoms with Gasteiger partial charge in [0.1, 0.15) is 6.04 Å². The van der Waals surface area contributed by atoms with E-state index < -0.39 is 12.0 Å². The molecule has 24 heavy (non-hydrogen) atoms. The summed E-state index contributed by atoms with van der Waals surface area (Å²) in [5.74, 6) is -0.840. The van der Waals surface area contributed by atoms with Crippen LogP contribution < -0.4 is 5.32 Å². The number of nitrogens with one attached hydrogen (secondary N) is 1. The first kappa shape index (κ1) is 18.1. The van der Waals surface area contributed by atoms with Crippen molar-refractivity contribution in [1.29, 1.82) is 0 Å². The van der Waals surface area contributed by atoms with E-state index in [2.05, 4.69) is 5.32 Å². The summed E-state index contributed by atoms with van der Waals surface area (Å²) in [7, 11) is 0. The van der Waals surface area contributed by atoms with Crippen LogP contribution in [0.15, 0.2) is 35.4 Å². The van der Waals surface area contributed by atoms with Crippen molar-refractivity contribution in [2.45, 2.75) is 26.8 Å². The number of thioether (sulfide) groups is 1. The molecule has 0 bridgehead atoms. The molecule has 0 aliphatic carbocycles. The SMILES string of the molecule is CCOC(=O)/C=C1\SCC(=O)N1[C@H](C)C(=O)Nc1cccc(C)c1. The molecular formula is C17H20N2O4S. The van der Waals surface area contributed by atoms with Crippen molar-refractivity contribution in [2.24, 2.45) is 0 Å². The zero-order valence-corrected chi connectivity index (χ0v) is 14.7. The predicted molar refractivity (Wildman–Crippen MR) is 93.3 cm³/mol. The molecule has 1 aliphatic heterocycles. The van der Waals surface area contributed by atoms with E-state index >= 15 is 0 Å². The van der Waals surface area contributed by atoms with Gasteiger partial charge in [0.2, 0.25) is 11.8 Å². The standard InChI is InChI=1S/C17H20N2O4S/c1-4-23-16(21)9-15-19(14(20)10-24-15)12(3)17(22)18-13-7-5-6-11(2)8-13/h5-9,12H,4,10H2,1-3H3,(H,18,22)/b15-9-/t12-/m1/s1. The normalized spacial score (nSPS) is 17.0. The molecule has 0 unspecified atom stereocenters. The quantitative estimate of drug-likeness (QED) is 0.653. The van der Waals surface area contributed by atoms with Crippen molar-refractivity contribution in [3.05, 3.63) is 40.9 Å². The number of nitrogens with zero attached hydrogens (tertiary/aromatic N) is 1. The Morgan fingerprint density at radius 2 is 2.21 bits per heavy atom. The second kappa shape index (κ2) is 8.01. The molecule has 128 valence electrons. The van der Waals surface area contributed by atoms with Crippen molar-refractivity contribution in [1.82, 2.24) is 4.90 Å². The molecule has 2 amide bonds. The highest BCUT2D eigenvalue weighted by Gasteiger charge is 2.34. The summed E-state index contributed by atoms with van der Waals surface area (Å²) in [6.45, 7) is 5.53. The van der Waals surface area contributed by atoms with Gasteiger partial charge in [-0.1, -0.05) is 23.9 Å². The molecule has 1 saturated heterocycles. The third-order valence-corrected chi connectivity index (χ3v) is 4.43. The van der Waals surface area contributed by atoms with Gasteiger partial charge in [-0.25, -0.2) is 4.79 Å². The van der Waals surface area contributed by atoms with E-state index in [4.69, 9.17) is 4.74 Å². The molecule has 2 rings (SSSR count). The second-order valence-corrected chi connectivity index (χ2v) is 6.32. The van der Waals surface area contributed by atoms with Gasteiger partial charge in [-0.05, 0) is 38.5 Å². The fourth-order valence-electron chi connectivity index (χ4n) is 2.29. The van der Waals surface area contributed by atoms with Crippen LogP contribution in [-0.4, -0.2) is 41.1 Å². The van der Waals surface area contributed by atoms with Gasteiger partial charge in [-0.15, -0.1) is 0 Å². The molecule has 1 atom stereocenters. The number of anilines is 1. The smallest absolute Gasteiger partial charge is 0.333 e. The Morgan fingerprint density at radius 3 is 2.88 bits per heavy atom. The Kier molecular flexibility index (Phi) is 6.03. The molecule has 1 fully saturated rings. The lowest BCUT2D eigenvalue weighted by molar-refractivity contribution is -0.137. The third kappa shape index (κ3) is 4.38. The highest BCUT2D eigenvalue weighted by atomic mass is 32.2. The third-order valence-electron chi connectivity index (χ3n) is 3.43. The average molecular weight is 348 g/mol. The lowest BCUT2D eigenvalue weighted by atomic mass is 10.2. The number of carbonyl (C=O) groups is 3. The minimum absolute atomic E-state index is 0.202. The molecule has 1 aromatic carbocycles. The van der Waals surface area contributed by atoms with Gasteiger partial charge in [-0.2, -0.15) is 0 Å². The van der Waals surface area contributed by atoms with E-state index in [1.165, 1.54) is 22.7 Å². The van der Waals surface area contributed by atoms with E-state index in [-0.39, 0.29) is 24.2 Å². The Bertz CT molecular complexity index is 687. The van der Waals surface area contributed by atoms with E-state index in [9.17, 15) is 14.4 Å². The van der Waals surface area contributed by atoms with E-state index in [0.29, 0.717) is 10.7 Å². The maximum absolute atomic E-state index is 12.5. The van der Waals surface area contributed by atoms with Crippen LogP contribution in [0.3, 0.4) is 0 Å². The molecule has 0 spiro atoms. The number of ether oxygens (including phenoxy) is 1. The fourth-order valence-corrected chi connectivity index (χ4v) is 3.28. The van der Waals surface area contributed by atoms with Gasteiger partial charge >= 0.3 is 5.97 Å². The summed E-state index contributed by atoms with van der Waals surface area (Å²) < 4.78 is 4.87. The maximum Gasteiger partial charge on any atom is 0.333 e. The number of amides is 2. The van der Waals surface area contributed by atoms with Crippen molar-refractivity contribution in [3.8, 4) is 0 Å². The van der Waals surface area contributed by atoms with Crippen LogP contribution in [0.1, 0.15) is 19.4 Å². The van der Waals surface area contributed by atoms with Gasteiger partial charge in [0, 0.05) is 5.69 Å². The first-order valence-electron chi connectivity index (χ1n) is 7.63. The number of hydrogen-bond donors (Lipinski definition) is 1. The minimum Gasteiger partial charge on any atom is -0.463 e. The van der Waals surface area contributed by atoms with Crippen molar-refractivity contribution in [2.75, 3.05) is 17.7 Å². The molecule has 1 N–H and O–H groups in total. The molecule has 0 aromatic heterocycles. The van der Waals surface area contributed by atoms with Gasteiger partial charge in [0.25, 0.3) is 0 Å². The predicted octanol–water partition coefficient (Wildman–Crippen LogP) is 2.30. The molecule has 0 radical (unpaired) electrons. The molecule has 1 aliphatic rings. The van der Waals surface area contributed by atoms with Gasteiger partial charge in [-0.3, -0.25) is 14.5 Å². The van der Waals surface area contributed by atoms with Crippen molar-refractivity contribution in [3.63, 3.8) is 0 Å². The van der Waals surface area contributed by atoms with Crippen LogP contribution in [0.5, 0.6) is 0 Å². The highest BCUT2D eigenvalue weighted by Crippen LogP contribution is 2.31. The van der Waals surface area contributed by atoms with Gasteiger partial charge < -0.3 is 10.1 Å². The van der Waals surface area contributed by atoms with E-state index in [0.717, 1.165) is 5.56 Å². The number of carbonyl (C=O) groups excluding carboxylic acids is 3. The summed E-state index contributed by atoms with van der Waals surface area (Å²) >= 11 is 1.22. The van der Waals surface area contributed by atoms with Crippen LogP contribution in [0.25, 0.3) is 0 Å². The monoisotopic (exact) mass is 348 g/mol. The first-order valence-corrected chi connectivity index (χ1v) is 8.61. The Hall–Kier alpha value is -2.28. The summed E-state index contributed by atoms with van der Waals surface area (Å²) in [5.41, 5.74) is 1.69. The Morgan fingerprint density at radius 1 is 1.46 bits per heavy atom. The van der Waals surface area contributed by atoms with Crippen molar-refractivity contribution >= 4 is 35.2 Å². The van der Waals surface area contributed by atoms with E-state index in [1.807, 2.05) is 25.1 Å². The van der Waals surface area contributed by atoms with E-state index in [1.54, 1.807) is 19.9 Å².